The Bertz CT molecular complexity index is 713. The van der Waals surface area contributed by atoms with E-state index >= 15 is 0 Å². The number of benzene rings is 1. The third-order valence-electron chi connectivity index (χ3n) is 4.17. The van der Waals surface area contributed by atoms with E-state index in [9.17, 15) is 0 Å². The second-order valence-corrected chi connectivity index (χ2v) is 8.02. The molecular formula is C29H49NS2. The van der Waals surface area contributed by atoms with Crippen molar-refractivity contribution in [1.82, 2.24) is 5.32 Å². The molecule has 0 radical (unpaired) electrons. The lowest BCUT2D eigenvalue weighted by atomic mass is 9.84. The number of likely N-dealkylation sites (N-methyl/N-ethyl adjacent to an activating group) is 1. The van der Waals surface area contributed by atoms with Gasteiger partial charge in [0, 0.05) is 12.7 Å². The van der Waals surface area contributed by atoms with Gasteiger partial charge in [-0.05, 0) is 73.1 Å². The van der Waals surface area contributed by atoms with Gasteiger partial charge in [0.15, 0.2) is 0 Å². The van der Waals surface area contributed by atoms with Crippen LogP contribution >= 0.6 is 25.3 Å². The Morgan fingerprint density at radius 1 is 1.06 bits per heavy atom. The number of aryl methyl sites for hydroxylation is 1. The van der Waals surface area contributed by atoms with Crippen LogP contribution in [0.2, 0.25) is 0 Å². The molecule has 0 saturated carbocycles. The standard InChI is InChI=1S/C18H26.C8H13NS.C2H6.CH4S/c1-7-8-17(18(4,5)6)13-15(3)16-11-9-14(2)10-12-16;1-3-5-8(9-2)6-4-7-10;2*1-2/h8-13H,7H2,1-6H3;3-7,9-10H,1-2H3;1-2H3;2H,1H3/b15-13-,17-8+;5-3-,7-4+,8-6+;;. The van der Waals surface area contributed by atoms with Crippen LogP contribution in [0.3, 0.4) is 0 Å². The van der Waals surface area contributed by atoms with Gasteiger partial charge in [0.2, 0.25) is 0 Å². The van der Waals surface area contributed by atoms with E-state index in [0.29, 0.717) is 0 Å². The zero-order valence-corrected chi connectivity index (χ0v) is 24.2. The topological polar surface area (TPSA) is 12.0 Å². The van der Waals surface area contributed by atoms with Crippen LogP contribution < -0.4 is 5.32 Å². The molecule has 0 saturated heterocycles. The minimum absolute atomic E-state index is 0.210. The summed E-state index contributed by atoms with van der Waals surface area (Å²) in [6.45, 7) is 19.3. The summed E-state index contributed by atoms with van der Waals surface area (Å²) >= 11 is 7.45. The van der Waals surface area contributed by atoms with Crippen LogP contribution in [0.25, 0.3) is 5.57 Å². The fraction of sp³-hybridized carbons (Fsp3) is 0.448. The predicted molar refractivity (Wildman–Crippen MR) is 159 cm³/mol. The van der Waals surface area contributed by atoms with Crippen LogP contribution in [0.15, 0.2) is 77.4 Å². The van der Waals surface area contributed by atoms with Crippen LogP contribution in [0.1, 0.15) is 72.9 Å². The Balaban J connectivity index is -0.000000511. The number of thiol groups is 2. The molecule has 0 bridgehead atoms. The van der Waals surface area contributed by atoms with E-state index < -0.39 is 0 Å². The van der Waals surface area contributed by atoms with Crippen LogP contribution in [-0.2, 0) is 0 Å². The van der Waals surface area contributed by atoms with Crippen molar-refractivity contribution in [3.8, 4) is 0 Å². The van der Waals surface area contributed by atoms with Crippen LogP contribution in [0.5, 0.6) is 0 Å². The lowest BCUT2D eigenvalue weighted by Crippen LogP contribution is -2.07. The summed E-state index contributed by atoms with van der Waals surface area (Å²) in [5.41, 5.74) is 6.67. The molecule has 32 heavy (non-hydrogen) atoms. The van der Waals surface area contributed by atoms with Gasteiger partial charge >= 0.3 is 0 Å². The van der Waals surface area contributed by atoms with Crippen molar-refractivity contribution >= 4 is 30.8 Å². The average Bonchev–Trinajstić information content (AvgIpc) is 2.79. The third-order valence-corrected chi connectivity index (χ3v) is 4.34. The fourth-order valence-corrected chi connectivity index (χ4v) is 2.57. The van der Waals surface area contributed by atoms with Crippen molar-refractivity contribution in [3.05, 3.63) is 88.5 Å². The number of nitrogens with one attached hydrogen (secondary N) is 1. The summed E-state index contributed by atoms with van der Waals surface area (Å²) in [4.78, 5) is 0. The molecule has 0 atom stereocenters. The maximum absolute atomic E-state index is 3.93. The van der Waals surface area contributed by atoms with Crippen molar-refractivity contribution < 1.29 is 0 Å². The lowest BCUT2D eigenvalue weighted by Gasteiger charge is -2.21. The van der Waals surface area contributed by atoms with Gasteiger partial charge in [0.25, 0.3) is 0 Å². The average molecular weight is 476 g/mol. The SMILES string of the molecule is CC.CC/C=C(\C=C(\C)c1ccc(C)cc1)C(C)(C)C.CS.C\C=C/C(=C\C=C\S)NC. The Morgan fingerprint density at radius 3 is 1.97 bits per heavy atom. The predicted octanol–water partition coefficient (Wildman–Crippen LogP) is 9.46. The van der Waals surface area contributed by atoms with Gasteiger partial charge < -0.3 is 5.32 Å². The van der Waals surface area contributed by atoms with Gasteiger partial charge in [-0.25, -0.2) is 0 Å². The summed E-state index contributed by atoms with van der Waals surface area (Å²) in [7, 11) is 1.89. The Labute approximate surface area is 211 Å². The highest BCUT2D eigenvalue weighted by Crippen LogP contribution is 2.29. The first-order valence-electron chi connectivity index (χ1n) is 11.4. The van der Waals surface area contributed by atoms with Crippen molar-refractivity contribution in [3.63, 3.8) is 0 Å². The Morgan fingerprint density at radius 2 is 1.59 bits per heavy atom. The van der Waals surface area contributed by atoms with E-state index in [-0.39, 0.29) is 5.41 Å². The molecule has 0 aliphatic rings. The number of hydrogen-bond donors (Lipinski definition) is 3. The zero-order valence-electron chi connectivity index (χ0n) is 22.5. The maximum Gasteiger partial charge on any atom is 0.0334 e. The third kappa shape index (κ3) is 18.0. The molecule has 1 N–H and O–H groups in total. The minimum Gasteiger partial charge on any atom is -0.388 e. The summed E-state index contributed by atoms with van der Waals surface area (Å²) in [5.74, 6) is 0. The number of rotatable bonds is 6. The lowest BCUT2D eigenvalue weighted by molar-refractivity contribution is 0.515. The van der Waals surface area contributed by atoms with E-state index in [1.54, 1.807) is 11.7 Å². The first kappa shape index (κ1) is 35.0. The molecule has 1 rings (SSSR count). The minimum atomic E-state index is 0.210. The smallest absolute Gasteiger partial charge is 0.0334 e. The molecule has 0 amide bonds. The Hall–Kier alpha value is -1.58. The second kappa shape index (κ2) is 22.6. The highest BCUT2D eigenvalue weighted by molar-refractivity contribution is 7.83. The fourth-order valence-electron chi connectivity index (χ4n) is 2.48. The molecule has 0 unspecified atom stereocenters. The van der Waals surface area contributed by atoms with E-state index in [2.05, 4.69) is 109 Å². The molecule has 3 heteroatoms. The van der Waals surface area contributed by atoms with Gasteiger partial charge in [-0.3, -0.25) is 0 Å². The van der Waals surface area contributed by atoms with Crippen molar-refractivity contribution in [1.29, 1.82) is 0 Å². The summed E-state index contributed by atoms with van der Waals surface area (Å²) in [5, 5.41) is 4.72. The first-order valence-corrected chi connectivity index (χ1v) is 12.8. The van der Waals surface area contributed by atoms with Crippen LogP contribution in [0.4, 0.5) is 0 Å². The van der Waals surface area contributed by atoms with Gasteiger partial charge in [0.05, 0.1) is 0 Å². The van der Waals surface area contributed by atoms with Gasteiger partial charge in [-0.1, -0.05) is 95.7 Å². The largest absolute Gasteiger partial charge is 0.388 e. The highest BCUT2D eigenvalue weighted by atomic mass is 32.1. The first-order chi connectivity index (χ1) is 15.2. The molecule has 1 aromatic rings. The van der Waals surface area contributed by atoms with E-state index in [4.69, 9.17) is 0 Å². The zero-order chi connectivity index (χ0) is 25.6. The summed E-state index contributed by atoms with van der Waals surface area (Å²) in [6, 6.07) is 8.75. The van der Waals surface area contributed by atoms with Gasteiger partial charge in [-0.2, -0.15) is 25.3 Å². The molecule has 0 spiro atoms. The molecular weight excluding hydrogens is 426 g/mol. The van der Waals surface area contributed by atoms with Crippen molar-refractivity contribution in [2.45, 2.75) is 68.7 Å². The van der Waals surface area contributed by atoms with E-state index in [1.807, 2.05) is 52.1 Å². The molecule has 0 aliphatic carbocycles. The number of hydrogen-bond acceptors (Lipinski definition) is 3. The van der Waals surface area contributed by atoms with Crippen LogP contribution in [0, 0.1) is 12.3 Å². The normalized spacial score (nSPS) is 12.3. The van der Waals surface area contributed by atoms with Crippen molar-refractivity contribution in [2.24, 2.45) is 5.41 Å². The van der Waals surface area contributed by atoms with Crippen LogP contribution in [-0.4, -0.2) is 13.3 Å². The monoisotopic (exact) mass is 475 g/mol. The van der Waals surface area contributed by atoms with E-state index in [0.717, 1.165) is 12.1 Å². The Kier molecular flexibility index (Phi) is 24.7. The molecule has 182 valence electrons. The molecule has 0 aromatic heterocycles. The second-order valence-electron chi connectivity index (χ2n) is 7.72. The van der Waals surface area contributed by atoms with Crippen molar-refractivity contribution in [2.75, 3.05) is 13.3 Å². The van der Waals surface area contributed by atoms with Gasteiger partial charge in [0.1, 0.15) is 0 Å². The number of allylic oxidation sites excluding steroid dienone is 8. The molecule has 0 aliphatic heterocycles. The van der Waals surface area contributed by atoms with E-state index in [1.165, 1.54) is 22.3 Å². The molecule has 0 heterocycles. The summed E-state index contributed by atoms with van der Waals surface area (Å²) < 4.78 is 0. The van der Waals surface area contributed by atoms with Gasteiger partial charge in [-0.15, -0.1) is 0 Å². The maximum atomic E-state index is 3.93. The summed E-state index contributed by atoms with van der Waals surface area (Å²) in [6.07, 6.45) is 15.2. The molecule has 0 fully saturated rings. The molecule has 1 aromatic carbocycles. The highest BCUT2D eigenvalue weighted by Gasteiger charge is 2.14. The quantitative estimate of drug-likeness (QED) is 0.275. The molecule has 1 nitrogen and oxygen atoms in total.